The van der Waals surface area contributed by atoms with Gasteiger partial charge in [-0.15, -0.1) is 0 Å². The van der Waals surface area contributed by atoms with Gasteiger partial charge in [0.2, 0.25) is 5.91 Å². The number of thiocarbonyl (C=S) groups is 1. The highest BCUT2D eigenvalue weighted by atomic mass is 35.5. The van der Waals surface area contributed by atoms with E-state index in [2.05, 4.69) is 51.1 Å². The van der Waals surface area contributed by atoms with Crippen LogP contribution < -0.4 is 20.3 Å². The summed E-state index contributed by atoms with van der Waals surface area (Å²) in [5.41, 5.74) is 7.45. The molecule has 212 valence electrons. The Labute approximate surface area is 250 Å². The average molecular weight is 590 g/mol. The van der Waals surface area contributed by atoms with E-state index < -0.39 is 0 Å². The lowest BCUT2D eigenvalue weighted by Gasteiger charge is -2.29. The number of methoxy groups -OCH3 is 2. The van der Waals surface area contributed by atoms with Crippen molar-refractivity contribution in [3.8, 4) is 11.4 Å². The second kappa shape index (κ2) is 11.9. The predicted octanol–water partition coefficient (Wildman–Crippen LogP) is 6.22. The van der Waals surface area contributed by atoms with Crippen molar-refractivity contribution in [3.05, 3.63) is 100 Å². The third-order valence-corrected chi connectivity index (χ3v) is 8.10. The van der Waals surface area contributed by atoms with Crippen molar-refractivity contribution in [2.45, 2.75) is 32.9 Å². The quantitative estimate of drug-likeness (QED) is 0.236. The van der Waals surface area contributed by atoms with E-state index in [0.29, 0.717) is 16.5 Å². The Morgan fingerprint density at radius 2 is 1.90 bits per heavy atom. The molecule has 1 fully saturated rings. The number of amides is 1. The van der Waals surface area contributed by atoms with Gasteiger partial charge in [-0.1, -0.05) is 23.7 Å². The Hall–Kier alpha value is -3.92. The molecule has 41 heavy (non-hydrogen) atoms. The maximum Gasteiger partial charge on any atom is 0.250 e. The van der Waals surface area contributed by atoms with Gasteiger partial charge < -0.3 is 29.6 Å². The highest BCUT2D eigenvalue weighted by Crippen LogP contribution is 2.45. The Morgan fingerprint density at radius 3 is 2.61 bits per heavy atom. The molecule has 2 aromatic heterocycles. The van der Waals surface area contributed by atoms with Crippen LogP contribution in [0.2, 0.25) is 5.02 Å². The van der Waals surface area contributed by atoms with Crippen LogP contribution in [0.4, 0.5) is 11.4 Å². The van der Waals surface area contributed by atoms with Crippen molar-refractivity contribution in [3.63, 3.8) is 0 Å². The minimum absolute atomic E-state index is 0.0731. The molecule has 0 aliphatic carbocycles. The number of carbonyl (C=O) groups excluding carboxylic acids is 1. The second-order valence-corrected chi connectivity index (χ2v) is 10.7. The summed E-state index contributed by atoms with van der Waals surface area (Å²) in [6.45, 7) is 6.16. The van der Waals surface area contributed by atoms with E-state index in [1.54, 1.807) is 13.3 Å². The van der Waals surface area contributed by atoms with Crippen molar-refractivity contribution < 1.29 is 14.3 Å². The van der Waals surface area contributed by atoms with Gasteiger partial charge in [0.1, 0.15) is 12.4 Å². The maximum absolute atomic E-state index is 12.4. The number of ether oxygens (including phenoxy) is 2. The Kier molecular flexibility index (Phi) is 8.30. The maximum atomic E-state index is 12.4. The lowest BCUT2D eigenvalue weighted by molar-refractivity contribution is -0.119. The van der Waals surface area contributed by atoms with Gasteiger partial charge in [-0.3, -0.25) is 9.78 Å². The molecule has 1 aliphatic rings. The first-order valence-electron chi connectivity index (χ1n) is 13.2. The number of nitrogens with one attached hydrogen (secondary N) is 2. The first-order chi connectivity index (χ1) is 19.7. The van der Waals surface area contributed by atoms with E-state index in [0.717, 1.165) is 44.6 Å². The van der Waals surface area contributed by atoms with E-state index in [1.165, 1.54) is 7.11 Å². The predicted molar refractivity (Wildman–Crippen MR) is 166 cm³/mol. The van der Waals surface area contributed by atoms with Gasteiger partial charge in [0.25, 0.3) is 0 Å². The van der Waals surface area contributed by atoms with Crippen LogP contribution in [0.1, 0.15) is 40.3 Å². The van der Waals surface area contributed by atoms with E-state index in [9.17, 15) is 4.79 Å². The molecule has 10 heteroatoms. The molecule has 3 heterocycles. The molecule has 0 unspecified atom stereocenters. The summed E-state index contributed by atoms with van der Waals surface area (Å²) in [6, 6.07) is 19.2. The topological polar surface area (TPSA) is 80.7 Å². The highest BCUT2D eigenvalue weighted by Gasteiger charge is 2.42. The number of hydrogen-bond donors (Lipinski definition) is 2. The molecular weight excluding hydrogens is 558 g/mol. The smallest absolute Gasteiger partial charge is 0.250 e. The SMILES string of the molecule is COCC(=O)Nc1cc(N2C(=S)N[C@@H](c3ccccn3)[C@@H]2c2cc(C)n(-c3cccc(Cl)c3C)c2C)ccc1OC. The second-order valence-electron chi connectivity index (χ2n) is 9.91. The third kappa shape index (κ3) is 5.40. The van der Waals surface area contributed by atoms with Crippen LogP contribution in [0.25, 0.3) is 5.69 Å². The number of carbonyl (C=O) groups is 1. The Morgan fingerprint density at radius 1 is 1.10 bits per heavy atom. The summed E-state index contributed by atoms with van der Waals surface area (Å²) in [5.74, 6) is 0.247. The van der Waals surface area contributed by atoms with Gasteiger partial charge in [-0.05, 0) is 92.6 Å². The van der Waals surface area contributed by atoms with Crippen LogP contribution in [0.15, 0.2) is 66.9 Å². The first-order valence-corrected chi connectivity index (χ1v) is 14.0. The van der Waals surface area contributed by atoms with Gasteiger partial charge >= 0.3 is 0 Å². The lowest BCUT2D eigenvalue weighted by atomic mass is 9.96. The molecule has 5 rings (SSSR count). The molecule has 0 bridgehead atoms. The summed E-state index contributed by atoms with van der Waals surface area (Å²) in [6.07, 6.45) is 1.79. The number of hydrogen-bond acceptors (Lipinski definition) is 5. The van der Waals surface area contributed by atoms with Crippen molar-refractivity contribution in [2.75, 3.05) is 31.0 Å². The van der Waals surface area contributed by atoms with E-state index >= 15 is 0 Å². The Balaban J connectivity index is 1.67. The number of anilines is 2. The van der Waals surface area contributed by atoms with Gasteiger partial charge in [-0.25, -0.2) is 0 Å². The zero-order chi connectivity index (χ0) is 29.3. The molecule has 1 amide bonds. The van der Waals surface area contributed by atoms with Crippen LogP contribution in [0.5, 0.6) is 5.75 Å². The number of pyridine rings is 1. The standard InChI is InChI=1S/C31H32ClN5O3S/c1-18-15-22(20(3)36(18)26-11-8-9-23(32)19(26)2)30-29(24-10-6-7-14-33-24)35-31(41)37(30)21-12-13-27(40-5)25(16-21)34-28(38)17-39-4/h6-16,29-30H,17H2,1-5H3,(H,34,38)(H,35,41)/t29-,30-/m0/s1. The van der Waals surface area contributed by atoms with Gasteiger partial charge in [0.05, 0.1) is 30.6 Å². The van der Waals surface area contributed by atoms with Crippen molar-refractivity contribution in [2.24, 2.45) is 0 Å². The van der Waals surface area contributed by atoms with Crippen molar-refractivity contribution in [1.82, 2.24) is 14.9 Å². The van der Waals surface area contributed by atoms with Gasteiger partial charge in [0.15, 0.2) is 5.11 Å². The van der Waals surface area contributed by atoms with Gasteiger partial charge in [-0.2, -0.15) is 0 Å². The number of rotatable bonds is 8. The number of benzene rings is 2. The lowest BCUT2D eigenvalue weighted by Crippen LogP contribution is -2.29. The number of aromatic nitrogens is 2. The fourth-order valence-electron chi connectivity index (χ4n) is 5.51. The minimum Gasteiger partial charge on any atom is -0.495 e. The minimum atomic E-state index is -0.284. The van der Waals surface area contributed by atoms with E-state index in [4.69, 9.17) is 33.3 Å². The largest absolute Gasteiger partial charge is 0.495 e. The summed E-state index contributed by atoms with van der Waals surface area (Å²) >= 11 is 12.5. The van der Waals surface area contributed by atoms with Crippen LogP contribution in [-0.4, -0.2) is 41.4 Å². The van der Waals surface area contributed by atoms with Crippen LogP contribution in [0.3, 0.4) is 0 Å². The summed E-state index contributed by atoms with van der Waals surface area (Å²) < 4.78 is 12.8. The number of nitrogens with zero attached hydrogens (tertiary/aromatic N) is 3. The van der Waals surface area contributed by atoms with Crippen LogP contribution in [-0.2, 0) is 9.53 Å². The van der Waals surface area contributed by atoms with E-state index in [-0.39, 0.29) is 24.6 Å². The highest BCUT2D eigenvalue weighted by molar-refractivity contribution is 7.80. The van der Waals surface area contributed by atoms with Crippen LogP contribution in [0, 0.1) is 20.8 Å². The molecule has 2 aromatic carbocycles. The molecule has 0 spiro atoms. The Bertz CT molecular complexity index is 1610. The fourth-order valence-corrected chi connectivity index (χ4v) is 6.02. The zero-order valence-electron chi connectivity index (χ0n) is 23.6. The summed E-state index contributed by atoms with van der Waals surface area (Å²) in [4.78, 5) is 19.2. The third-order valence-electron chi connectivity index (χ3n) is 7.38. The molecule has 2 atom stereocenters. The molecule has 2 N–H and O–H groups in total. The van der Waals surface area contributed by atoms with Crippen molar-refractivity contribution >= 4 is 46.2 Å². The summed E-state index contributed by atoms with van der Waals surface area (Å²) in [7, 11) is 3.04. The molecule has 8 nitrogen and oxygen atoms in total. The fraction of sp³-hybridized carbons (Fsp3) is 0.258. The monoisotopic (exact) mass is 589 g/mol. The molecule has 0 radical (unpaired) electrons. The average Bonchev–Trinajstić information content (AvgIpc) is 3.45. The zero-order valence-corrected chi connectivity index (χ0v) is 25.1. The van der Waals surface area contributed by atoms with Gasteiger partial charge in [0, 0.05) is 41.1 Å². The normalized spacial score (nSPS) is 16.5. The van der Waals surface area contributed by atoms with E-state index in [1.807, 2.05) is 55.5 Å². The number of halogens is 1. The number of aryl methyl sites for hydroxylation is 1. The molecule has 0 saturated carbocycles. The van der Waals surface area contributed by atoms with Crippen LogP contribution >= 0.6 is 23.8 Å². The summed E-state index contributed by atoms with van der Waals surface area (Å²) in [5, 5.41) is 7.67. The molecule has 1 saturated heterocycles. The van der Waals surface area contributed by atoms with Crippen molar-refractivity contribution in [1.29, 1.82) is 0 Å². The first kappa shape index (κ1) is 28.6. The molecular formula is C31H32ClN5O3S. The molecule has 1 aliphatic heterocycles. The molecule has 4 aromatic rings.